The maximum atomic E-state index is 9.71. The van der Waals surface area contributed by atoms with Crippen LogP contribution in [-0.2, 0) is 38.8 Å². The second-order valence-electron chi connectivity index (χ2n) is 4.18. The van der Waals surface area contributed by atoms with Gasteiger partial charge in [-0.15, -0.1) is 0 Å². The van der Waals surface area contributed by atoms with E-state index in [1.54, 1.807) is 6.92 Å². The van der Waals surface area contributed by atoms with Gasteiger partial charge in [-0.2, -0.15) is 0 Å². The molecule has 0 aliphatic rings. The molecule has 2 aromatic rings. The number of halogens is 1. The molecule has 0 heterocycles. The van der Waals surface area contributed by atoms with E-state index in [-0.39, 0.29) is 0 Å². The molecule has 0 atom stereocenters. The number of esters is 1. The van der Waals surface area contributed by atoms with Gasteiger partial charge in [0.2, 0.25) is 0 Å². The minimum atomic E-state index is -0.461. The summed E-state index contributed by atoms with van der Waals surface area (Å²) in [6.45, 7) is 6.40. The average Bonchev–Trinajstić information content (AvgIpc) is 2.65. The molecular weight excluding hydrogens is 598 g/mol. The summed E-state index contributed by atoms with van der Waals surface area (Å²) in [6, 6.07) is 20.0. The van der Waals surface area contributed by atoms with Gasteiger partial charge in [0.1, 0.15) is 0 Å². The van der Waals surface area contributed by atoms with Crippen molar-refractivity contribution in [3.8, 4) is 0 Å². The average molecular weight is 623 g/mol. The summed E-state index contributed by atoms with van der Waals surface area (Å²) in [4.78, 5) is 9.71. The van der Waals surface area contributed by atoms with Crippen molar-refractivity contribution in [1.82, 2.24) is 0 Å². The van der Waals surface area contributed by atoms with E-state index in [1.165, 1.54) is 11.1 Å². The molecule has 4 N–H and O–H groups in total. The van der Waals surface area contributed by atoms with Crippen LogP contribution in [0.3, 0.4) is 0 Å². The number of carbonyl (C=O) groups is 1. The van der Waals surface area contributed by atoms with Crippen molar-refractivity contribution in [2.24, 2.45) is 11.5 Å². The number of nitrogens with two attached hydrogens (primary N) is 2. The Morgan fingerprint density at radius 2 is 1.29 bits per heavy atom. The normalized spacial score (nSPS) is 8.25. The Hall–Kier alpha value is -0.882. The van der Waals surface area contributed by atoms with Gasteiger partial charge in [-0.3, -0.25) is 11.7 Å². The molecule has 0 aromatic heterocycles. The van der Waals surface area contributed by atoms with Crippen LogP contribution >= 0.6 is 19.4 Å². The van der Waals surface area contributed by atoms with Gasteiger partial charge >= 0.3 is 35.5 Å². The van der Waals surface area contributed by atoms with E-state index in [2.05, 4.69) is 47.1 Å². The predicted octanol–water partition coefficient (Wildman–Crippen LogP) is 3.56. The summed E-state index contributed by atoms with van der Waals surface area (Å²) in [5.74, 6) is -0.461. The minimum absolute atomic E-state index is 0.419. The van der Waals surface area contributed by atoms with E-state index in [0.29, 0.717) is 19.7 Å². The molecule has 0 spiro atoms. The Kier molecular flexibility index (Phi) is 21.3. The van der Waals surface area contributed by atoms with Crippen molar-refractivity contribution < 1.29 is 25.7 Å². The molecule has 2 aromatic carbocycles. The zero-order valence-electron chi connectivity index (χ0n) is 13.8. The van der Waals surface area contributed by atoms with Crippen molar-refractivity contribution in [2.45, 2.75) is 20.0 Å². The number of ether oxygens (including phenoxy) is 1. The third-order valence-electron chi connectivity index (χ3n) is 2.46. The molecule has 0 unspecified atom stereocenters. The Balaban J connectivity index is 0. The van der Waals surface area contributed by atoms with Crippen LogP contribution in [0, 0.1) is 6.92 Å². The van der Waals surface area contributed by atoms with Crippen LogP contribution in [0.15, 0.2) is 60.7 Å². The molecule has 0 saturated heterocycles. The second-order valence-corrected chi connectivity index (χ2v) is 4.18. The van der Waals surface area contributed by atoms with Crippen LogP contribution in [0.25, 0.3) is 0 Å². The first-order valence-corrected chi connectivity index (χ1v) is 13.7. The van der Waals surface area contributed by atoms with Crippen LogP contribution < -0.4 is 11.5 Å². The molecule has 0 amide bonds. The SMILES string of the molecule is NCc1ccccc1.NCc1ccccc1.[CH2-]C(=O)OCC.[I][Pt]. The molecule has 0 saturated carbocycles. The van der Waals surface area contributed by atoms with Gasteiger partial charge in [0.05, 0.1) is 6.61 Å². The molecule has 6 heteroatoms. The topological polar surface area (TPSA) is 78.3 Å². The first kappa shape index (κ1) is 25.4. The zero-order valence-corrected chi connectivity index (χ0v) is 18.2. The monoisotopic (exact) mass is 623 g/mol. The van der Waals surface area contributed by atoms with E-state index in [1.807, 2.05) is 60.7 Å². The predicted molar refractivity (Wildman–Crippen MR) is 105 cm³/mol. The van der Waals surface area contributed by atoms with Gasteiger partial charge in [0, 0.05) is 13.1 Å². The van der Waals surface area contributed by atoms with E-state index >= 15 is 0 Å². The summed E-state index contributed by atoms with van der Waals surface area (Å²) in [6.07, 6.45) is 0. The number of hydrogen-bond donors (Lipinski definition) is 2. The first-order valence-electron chi connectivity index (χ1n) is 7.22. The quantitative estimate of drug-likeness (QED) is 0.312. The molecule has 0 aliphatic carbocycles. The standard InChI is InChI=1S/2C7H9N.C4H7O2.HI.Pt/c2*8-6-7-4-2-1-3-5-7;1-3-6-4(2)5;;/h2*1-5H,6,8H2;2-3H2,1H3;1H;/q;;-1;;+1/p-1. The van der Waals surface area contributed by atoms with Gasteiger partial charge in [-0.05, 0) is 18.1 Å². The van der Waals surface area contributed by atoms with Crippen LogP contribution in [0.5, 0.6) is 0 Å². The summed E-state index contributed by atoms with van der Waals surface area (Å²) in [5, 5.41) is 0. The zero-order chi connectivity index (χ0) is 18.6. The summed E-state index contributed by atoms with van der Waals surface area (Å²) in [5.41, 5.74) is 13.1. The third-order valence-corrected chi connectivity index (χ3v) is 2.46. The number of rotatable bonds is 3. The van der Waals surface area contributed by atoms with E-state index < -0.39 is 5.97 Å². The molecule has 24 heavy (non-hydrogen) atoms. The molecule has 0 bridgehead atoms. The van der Waals surface area contributed by atoms with Crippen molar-refractivity contribution in [3.05, 3.63) is 78.7 Å². The fourth-order valence-corrected chi connectivity index (χ4v) is 1.39. The van der Waals surface area contributed by atoms with Crippen LogP contribution in [0.1, 0.15) is 18.1 Å². The van der Waals surface area contributed by atoms with E-state index in [0.717, 1.165) is 0 Å². The summed E-state index contributed by atoms with van der Waals surface area (Å²) >= 11 is 4.23. The number of carbonyl (C=O) groups excluding carboxylic acids is 1. The molecule has 137 valence electrons. The maximum absolute atomic E-state index is 9.71. The Labute approximate surface area is 167 Å². The molecule has 2 rings (SSSR count). The summed E-state index contributed by atoms with van der Waals surface area (Å²) < 4.78 is 4.29. The molecule has 0 fully saturated rings. The molecular formula is C18H25IN2O2Pt-. The molecule has 0 aliphatic heterocycles. The van der Waals surface area contributed by atoms with Gasteiger partial charge in [0.25, 0.3) is 0 Å². The van der Waals surface area contributed by atoms with Gasteiger partial charge in [-0.25, -0.2) is 0 Å². The van der Waals surface area contributed by atoms with Crippen LogP contribution in [-0.4, -0.2) is 12.6 Å². The van der Waals surface area contributed by atoms with E-state index in [4.69, 9.17) is 11.5 Å². The van der Waals surface area contributed by atoms with Crippen molar-refractivity contribution >= 4 is 25.3 Å². The van der Waals surface area contributed by atoms with Crippen LogP contribution in [0.4, 0.5) is 0 Å². The van der Waals surface area contributed by atoms with Crippen molar-refractivity contribution in [2.75, 3.05) is 6.61 Å². The van der Waals surface area contributed by atoms with Gasteiger partial charge in [-0.1, -0.05) is 60.7 Å². The first-order chi connectivity index (χ1) is 11.6. The fourth-order valence-electron chi connectivity index (χ4n) is 1.39. The summed E-state index contributed by atoms with van der Waals surface area (Å²) in [7, 11) is 0. The van der Waals surface area contributed by atoms with Crippen LogP contribution in [0.2, 0.25) is 0 Å². The van der Waals surface area contributed by atoms with E-state index in [9.17, 15) is 4.79 Å². The van der Waals surface area contributed by atoms with Crippen molar-refractivity contribution in [1.29, 1.82) is 0 Å². The molecule has 4 nitrogen and oxygen atoms in total. The second kappa shape index (κ2) is 20.2. The van der Waals surface area contributed by atoms with Gasteiger partial charge in [0.15, 0.2) is 5.97 Å². The Morgan fingerprint density at radius 1 is 0.958 bits per heavy atom. The fraction of sp³-hybridized carbons (Fsp3) is 0.222. The molecule has 0 radical (unpaired) electrons. The van der Waals surface area contributed by atoms with Gasteiger partial charge < -0.3 is 16.2 Å². The number of hydrogen-bond acceptors (Lipinski definition) is 4. The number of benzene rings is 2. The third kappa shape index (κ3) is 17.5. The van der Waals surface area contributed by atoms with Crippen molar-refractivity contribution in [3.63, 3.8) is 0 Å². The Morgan fingerprint density at radius 3 is 1.42 bits per heavy atom. The Bertz CT molecular complexity index is 459.